The van der Waals surface area contributed by atoms with Gasteiger partial charge < -0.3 is 10.4 Å². The zero-order chi connectivity index (χ0) is 14.5. The molecule has 104 valence electrons. The highest BCUT2D eigenvalue weighted by atomic mass is 32.2. The average Bonchev–Trinajstić information content (AvgIpc) is 2.44. The smallest absolute Gasteiger partial charge is 0.241 e. The molecule has 0 spiro atoms. The molecule has 19 heavy (non-hydrogen) atoms. The van der Waals surface area contributed by atoms with Gasteiger partial charge in [-0.15, -0.1) is 0 Å². The number of carbonyl (C=O) groups excluding carboxylic acids is 1. The molecule has 1 aromatic rings. The Bertz CT molecular complexity index is 552. The molecule has 0 aliphatic heterocycles. The van der Waals surface area contributed by atoms with Gasteiger partial charge in [-0.2, -0.15) is 4.72 Å². The maximum atomic E-state index is 12.0. The number of carbonyl (C=O) groups is 1. The summed E-state index contributed by atoms with van der Waals surface area (Å²) >= 11 is 0. The third-order valence-electron chi connectivity index (χ3n) is 2.47. The zero-order valence-corrected chi connectivity index (χ0v) is 11.3. The van der Waals surface area contributed by atoms with E-state index >= 15 is 0 Å². The molecule has 7 heteroatoms. The minimum absolute atomic E-state index is 0.0143. The monoisotopic (exact) mass is 284 g/mol. The molecule has 0 radical (unpaired) electrons. The first-order valence-electron chi connectivity index (χ1n) is 5.52. The SMILES string of the molecule is C=Cc1ccc(S(=O)(=O)NC(CO)C(=O)NC)cc1. The Morgan fingerprint density at radius 3 is 2.42 bits per heavy atom. The van der Waals surface area contributed by atoms with Crippen LogP contribution in [-0.4, -0.2) is 39.1 Å². The summed E-state index contributed by atoms with van der Waals surface area (Å²) in [6, 6.07) is 4.77. The minimum Gasteiger partial charge on any atom is -0.394 e. The number of aliphatic hydroxyl groups excluding tert-OH is 1. The van der Waals surface area contributed by atoms with Crippen molar-refractivity contribution in [3.8, 4) is 0 Å². The first kappa shape index (κ1) is 15.4. The molecule has 1 atom stereocenters. The van der Waals surface area contributed by atoms with Crippen molar-refractivity contribution >= 4 is 22.0 Å². The number of likely N-dealkylation sites (N-methyl/N-ethyl adjacent to an activating group) is 1. The summed E-state index contributed by atoms with van der Waals surface area (Å²) in [7, 11) is -2.50. The van der Waals surface area contributed by atoms with Crippen molar-refractivity contribution < 1.29 is 18.3 Å². The van der Waals surface area contributed by atoms with E-state index in [9.17, 15) is 13.2 Å². The number of hydrogen-bond donors (Lipinski definition) is 3. The number of rotatable bonds is 6. The van der Waals surface area contributed by atoms with Crippen molar-refractivity contribution in [3.63, 3.8) is 0 Å². The Labute approximate surface area is 112 Å². The number of aliphatic hydroxyl groups is 1. The molecule has 0 saturated heterocycles. The lowest BCUT2D eigenvalue weighted by molar-refractivity contribution is -0.123. The van der Waals surface area contributed by atoms with Gasteiger partial charge in [0.1, 0.15) is 6.04 Å². The van der Waals surface area contributed by atoms with E-state index in [1.807, 2.05) is 0 Å². The van der Waals surface area contributed by atoms with Crippen LogP contribution in [0.3, 0.4) is 0 Å². The fourth-order valence-corrected chi connectivity index (χ4v) is 2.57. The molecular weight excluding hydrogens is 268 g/mol. The highest BCUT2D eigenvalue weighted by Crippen LogP contribution is 2.11. The lowest BCUT2D eigenvalue weighted by Crippen LogP contribution is -2.47. The summed E-state index contributed by atoms with van der Waals surface area (Å²) in [5.41, 5.74) is 0.781. The number of hydrogen-bond acceptors (Lipinski definition) is 4. The molecule has 0 fully saturated rings. The second-order valence-electron chi connectivity index (χ2n) is 3.74. The molecular formula is C12H16N2O4S. The van der Waals surface area contributed by atoms with E-state index in [0.29, 0.717) is 0 Å². The molecule has 6 nitrogen and oxygen atoms in total. The van der Waals surface area contributed by atoms with Gasteiger partial charge in [0, 0.05) is 7.05 Å². The van der Waals surface area contributed by atoms with Gasteiger partial charge in [0.05, 0.1) is 11.5 Å². The van der Waals surface area contributed by atoms with E-state index in [2.05, 4.69) is 16.6 Å². The van der Waals surface area contributed by atoms with E-state index in [1.165, 1.54) is 19.2 Å². The molecule has 0 saturated carbocycles. The third-order valence-corrected chi connectivity index (χ3v) is 3.96. The van der Waals surface area contributed by atoms with Gasteiger partial charge >= 0.3 is 0 Å². The Balaban J connectivity index is 2.96. The van der Waals surface area contributed by atoms with Crippen LogP contribution in [0.1, 0.15) is 5.56 Å². The molecule has 0 heterocycles. The van der Waals surface area contributed by atoms with Crippen molar-refractivity contribution in [2.75, 3.05) is 13.7 Å². The highest BCUT2D eigenvalue weighted by molar-refractivity contribution is 7.89. The minimum atomic E-state index is -3.86. The van der Waals surface area contributed by atoms with Crippen LogP contribution in [-0.2, 0) is 14.8 Å². The van der Waals surface area contributed by atoms with Crippen molar-refractivity contribution in [2.24, 2.45) is 0 Å². The summed E-state index contributed by atoms with van der Waals surface area (Å²) in [6.45, 7) is 2.95. The number of nitrogens with one attached hydrogen (secondary N) is 2. The van der Waals surface area contributed by atoms with Gasteiger partial charge in [-0.3, -0.25) is 4.79 Å². The van der Waals surface area contributed by atoms with Crippen molar-refractivity contribution in [1.29, 1.82) is 0 Å². The topological polar surface area (TPSA) is 95.5 Å². The summed E-state index contributed by atoms with van der Waals surface area (Å²) in [4.78, 5) is 11.4. The molecule has 1 unspecified atom stereocenters. The van der Waals surface area contributed by atoms with E-state index < -0.39 is 28.6 Å². The first-order chi connectivity index (χ1) is 8.94. The van der Waals surface area contributed by atoms with Crippen LogP contribution in [0.5, 0.6) is 0 Å². The van der Waals surface area contributed by atoms with Crippen LogP contribution in [0, 0.1) is 0 Å². The van der Waals surface area contributed by atoms with Crippen LogP contribution in [0.2, 0.25) is 0 Å². The van der Waals surface area contributed by atoms with E-state index in [0.717, 1.165) is 5.56 Å². The van der Waals surface area contributed by atoms with Gasteiger partial charge in [0.15, 0.2) is 0 Å². The first-order valence-corrected chi connectivity index (χ1v) is 7.00. The van der Waals surface area contributed by atoms with Crippen molar-refractivity contribution in [3.05, 3.63) is 36.4 Å². The van der Waals surface area contributed by atoms with E-state index in [-0.39, 0.29) is 4.90 Å². The van der Waals surface area contributed by atoms with E-state index in [1.54, 1.807) is 18.2 Å². The maximum absolute atomic E-state index is 12.0. The molecule has 0 aliphatic carbocycles. The van der Waals surface area contributed by atoms with Crippen LogP contribution in [0.4, 0.5) is 0 Å². The molecule has 0 aromatic heterocycles. The summed E-state index contributed by atoms with van der Waals surface area (Å²) in [5, 5.41) is 11.3. The number of benzene rings is 1. The molecule has 1 amide bonds. The Morgan fingerprint density at radius 2 is 2.00 bits per heavy atom. The van der Waals surface area contributed by atoms with Gasteiger partial charge in [-0.05, 0) is 17.7 Å². The maximum Gasteiger partial charge on any atom is 0.241 e. The Morgan fingerprint density at radius 1 is 1.42 bits per heavy atom. The van der Waals surface area contributed by atoms with Crippen LogP contribution >= 0.6 is 0 Å². The third kappa shape index (κ3) is 3.88. The van der Waals surface area contributed by atoms with Gasteiger partial charge in [0.25, 0.3) is 0 Å². The fraction of sp³-hybridized carbons (Fsp3) is 0.250. The second-order valence-corrected chi connectivity index (χ2v) is 5.46. The van der Waals surface area contributed by atoms with Crippen LogP contribution in [0.25, 0.3) is 6.08 Å². The lowest BCUT2D eigenvalue weighted by atomic mass is 10.2. The van der Waals surface area contributed by atoms with Crippen molar-refractivity contribution in [2.45, 2.75) is 10.9 Å². The standard InChI is InChI=1S/C12H16N2O4S/c1-3-9-4-6-10(7-5-9)19(17,18)14-11(8-15)12(16)13-2/h3-7,11,14-15H,1,8H2,2H3,(H,13,16). The molecule has 3 N–H and O–H groups in total. The summed E-state index contributed by atoms with van der Waals surface area (Å²) < 4.78 is 26.1. The molecule has 0 bridgehead atoms. The predicted molar refractivity (Wildman–Crippen MR) is 71.8 cm³/mol. The molecule has 0 aliphatic rings. The average molecular weight is 284 g/mol. The van der Waals surface area contributed by atoms with Crippen LogP contribution in [0.15, 0.2) is 35.7 Å². The Hall–Kier alpha value is -1.70. The zero-order valence-electron chi connectivity index (χ0n) is 10.5. The Kier molecular flexibility index (Phi) is 5.22. The summed E-state index contributed by atoms with van der Waals surface area (Å²) in [5.74, 6) is -0.603. The molecule has 1 rings (SSSR count). The summed E-state index contributed by atoms with van der Waals surface area (Å²) in [6.07, 6.45) is 1.59. The van der Waals surface area contributed by atoms with Gasteiger partial charge in [-0.1, -0.05) is 24.8 Å². The van der Waals surface area contributed by atoms with Crippen molar-refractivity contribution in [1.82, 2.24) is 10.0 Å². The number of sulfonamides is 1. The normalized spacial score (nSPS) is 12.7. The predicted octanol–water partition coefficient (Wildman–Crippen LogP) is -0.285. The van der Waals surface area contributed by atoms with Gasteiger partial charge in [-0.25, -0.2) is 8.42 Å². The van der Waals surface area contributed by atoms with Crippen LogP contribution < -0.4 is 10.0 Å². The largest absolute Gasteiger partial charge is 0.394 e. The quantitative estimate of drug-likeness (QED) is 0.669. The number of amides is 1. The fourth-order valence-electron chi connectivity index (χ4n) is 1.39. The second kappa shape index (κ2) is 6.46. The van der Waals surface area contributed by atoms with Gasteiger partial charge in [0.2, 0.25) is 15.9 Å². The van der Waals surface area contributed by atoms with E-state index in [4.69, 9.17) is 5.11 Å². The molecule has 1 aromatic carbocycles. The highest BCUT2D eigenvalue weighted by Gasteiger charge is 2.24. The lowest BCUT2D eigenvalue weighted by Gasteiger charge is -2.14.